The molecule has 1 spiro atoms. The minimum absolute atomic E-state index is 0.00806. The number of ether oxygens (including phenoxy) is 1. The molecule has 2 aromatic rings. The maximum absolute atomic E-state index is 12.8. The van der Waals surface area contributed by atoms with Crippen LogP contribution in [-0.2, 0) is 4.79 Å². The molecule has 2 aliphatic rings. The van der Waals surface area contributed by atoms with E-state index >= 15 is 0 Å². The van der Waals surface area contributed by atoms with Crippen molar-refractivity contribution in [3.8, 4) is 5.88 Å². The Morgan fingerprint density at radius 3 is 2.96 bits per heavy atom. The largest absolute Gasteiger partial charge is 0.465 e. The van der Waals surface area contributed by atoms with Gasteiger partial charge in [-0.3, -0.25) is 9.59 Å². The number of aromatic nitrogens is 2. The van der Waals surface area contributed by atoms with E-state index < -0.39 is 0 Å². The van der Waals surface area contributed by atoms with Crippen LogP contribution in [0.5, 0.6) is 5.88 Å². The lowest BCUT2D eigenvalue weighted by molar-refractivity contribution is -0.123. The lowest BCUT2D eigenvalue weighted by Gasteiger charge is -2.37. The third kappa shape index (κ3) is 3.31. The molecular formula is C18H22N4O4. The van der Waals surface area contributed by atoms with E-state index in [9.17, 15) is 9.59 Å². The fourth-order valence-electron chi connectivity index (χ4n) is 3.94. The van der Waals surface area contributed by atoms with Crippen LogP contribution in [0.15, 0.2) is 35.3 Å². The smallest absolute Gasteiger partial charge is 0.258 e. The Morgan fingerprint density at radius 1 is 1.42 bits per heavy atom. The first-order valence-electron chi connectivity index (χ1n) is 8.89. The predicted octanol–water partition coefficient (Wildman–Crippen LogP) is 1.58. The summed E-state index contributed by atoms with van der Waals surface area (Å²) in [6.45, 7) is 1.07. The van der Waals surface area contributed by atoms with Gasteiger partial charge in [-0.2, -0.15) is 0 Å². The van der Waals surface area contributed by atoms with Crippen molar-refractivity contribution in [2.75, 3.05) is 19.7 Å². The quantitative estimate of drug-likeness (QED) is 0.817. The topological polar surface area (TPSA) is 100 Å². The number of hydrogen-bond acceptors (Lipinski definition) is 5. The molecule has 1 unspecified atom stereocenters. The van der Waals surface area contributed by atoms with E-state index in [4.69, 9.17) is 4.74 Å². The van der Waals surface area contributed by atoms with Crippen molar-refractivity contribution in [2.24, 2.45) is 5.41 Å². The number of H-pyrrole nitrogens is 1. The van der Waals surface area contributed by atoms with Crippen molar-refractivity contribution < 1.29 is 18.8 Å². The minimum Gasteiger partial charge on any atom is -0.465 e. The summed E-state index contributed by atoms with van der Waals surface area (Å²) in [5.41, 5.74) is 0.894. The van der Waals surface area contributed by atoms with Gasteiger partial charge in [0.2, 0.25) is 0 Å². The average molecular weight is 358 g/mol. The molecule has 0 bridgehead atoms. The number of hydrogen-bond donors (Lipinski definition) is 2. The molecule has 2 fully saturated rings. The van der Waals surface area contributed by atoms with Crippen LogP contribution in [0.25, 0.3) is 0 Å². The summed E-state index contributed by atoms with van der Waals surface area (Å²) in [5.74, 6) is 0.0587. The number of carbonyl (C=O) groups is 2. The van der Waals surface area contributed by atoms with Gasteiger partial charge in [0.1, 0.15) is 6.26 Å². The summed E-state index contributed by atoms with van der Waals surface area (Å²) in [6.07, 6.45) is 9.32. The molecule has 1 aliphatic heterocycles. The van der Waals surface area contributed by atoms with E-state index in [-0.39, 0.29) is 35.8 Å². The van der Waals surface area contributed by atoms with Crippen molar-refractivity contribution >= 4 is 11.8 Å². The Kier molecular flexibility index (Phi) is 4.40. The van der Waals surface area contributed by atoms with Gasteiger partial charge in [-0.1, -0.05) is 6.42 Å². The van der Waals surface area contributed by atoms with Crippen LogP contribution in [-0.4, -0.2) is 52.6 Å². The Hall–Kier alpha value is -2.77. The summed E-state index contributed by atoms with van der Waals surface area (Å²) < 4.78 is 9.88. The highest BCUT2D eigenvalue weighted by atomic mass is 16.5. The zero-order valence-corrected chi connectivity index (χ0v) is 14.4. The van der Waals surface area contributed by atoms with Gasteiger partial charge in [-0.15, -0.1) is 0 Å². The molecule has 2 N–H and O–H groups in total. The molecule has 1 atom stereocenters. The molecule has 4 rings (SSSR count). The molecule has 0 radical (unpaired) electrons. The highest BCUT2D eigenvalue weighted by Gasteiger charge is 2.49. The first-order chi connectivity index (χ1) is 12.7. The van der Waals surface area contributed by atoms with Crippen LogP contribution in [0.4, 0.5) is 0 Å². The SMILES string of the molecule is O=C(COc1ccon1)NCC1CC2(CCC2)CN1C(=O)c1cc[nH]c1. The second kappa shape index (κ2) is 6.86. The monoisotopic (exact) mass is 358 g/mol. The van der Waals surface area contributed by atoms with Gasteiger partial charge < -0.3 is 24.5 Å². The van der Waals surface area contributed by atoms with E-state index in [0.717, 1.165) is 25.8 Å². The number of nitrogens with zero attached hydrogens (tertiary/aromatic N) is 2. The maximum atomic E-state index is 12.8. The summed E-state index contributed by atoms with van der Waals surface area (Å²) in [5, 5.41) is 6.47. The first kappa shape index (κ1) is 16.7. The van der Waals surface area contributed by atoms with Gasteiger partial charge in [0.15, 0.2) is 6.61 Å². The number of nitrogens with one attached hydrogen (secondary N) is 2. The van der Waals surface area contributed by atoms with Gasteiger partial charge in [0.25, 0.3) is 17.7 Å². The van der Waals surface area contributed by atoms with Crippen molar-refractivity contribution in [3.05, 3.63) is 36.4 Å². The highest BCUT2D eigenvalue weighted by molar-refractivity contribution is 5.94. The number of aromatic amines is 1. The summed E-state index contributed by atoms with van der Waals surface area (Å²) in [4.78, 5) is 29.7. The van der Waals surface area contributed by atoms with Crippen molar-refractivity contribution in [3.63, 3.8) is 0 Å². The third-order valence-electron chi connectivity index (χ3n) is 5.44. The Morgan fingerprint density at radius 2 is 2.31 bits per heavy atom. The molecule has 2 aromatic heterocycles. The van der Waals surface area contributed by atoms with E-state index in [1.165, 1.54) is 12.7 Å². The molecule has 138 valence electrons. The second-order valence-electron chi connectivity index (χ2n) is 7.17. The summed E-state index contributed by atoms with van der Waals surface area (Å²) in [7, 11) is 0. The van der Waals surface area contributed by atoms with Crippen molar-refractivity contribution in [2.45, 2.75) is 31.7 Å². The fraction of sp³-hybridized carbons (Fsp3) is 0.500. The minimum atomic E-state index is -0.239. The van der Waals surface area contributed by atoms with E-state index in [2.05, 4.69) is 20.0 Å². The van der Waals surface area contributed by atoms with Crippen LogP contribution in [0.3, 0.4) is 0 Å². The van der Waals surface area contributed by atoms with Gasteiger partial charge in [0.05, 0.1) is 5.56 Å². The van der Waals surface area contributed by atoms with Crippen LogP contribution in [0.1, 0.15) is 36.0 Å². The van der Waals surface area contributed by atoms with Crippen LogP contribution in [0.2, 0.25) is 0 Å². The lowest BCUT2D eigenvalue weighted by atomic mass is 9.67. The van der Waals surface area contributed by atoms with Crippen molar-refractivity contribution in [1.29, 1.82) is 0 Å². The van der Waals surface area contributed by atoms with E-state index in [0.29, 0.717) is 12.1 Å². The van der Waals surface area contributed by atoms with E-state index in [1.54, 1.807) is 24.5 Å². The van der Waals surface area contributed by atoms with Gasteiger partial charge in [-0.05, 0) is 35.9 Å². The van der Waals surface area contributed by atoms with Crippen LogP contribution >= 0.6 is 0 Å². The molecule has 26 heavy (non-hydrogen) atoms. The lowest BCUT2D eigenvalue weighted by Crippen LogP contribution is -2.44. The normalized spacial score (nSPS) is 20.8. The number of rotatable bonds is 6. The van der Waals surface area contributed by atoms with Gasteiger partial charge in [0, 0.05) is 37.6 Å². The zero-order chi connectivity index (χ0) is 18.0. The number of carbonyl (C=O) groups excluding carboxylic acids is 2. The molecule has 1 saturated heterocycles. The molecule has 0 aromatic carbocycles. The fourth-order valence-corrected chi connectivity index (χ4v) is 3.94. The first-order valence-corrected chi connectivity index (χ1v) is 8.89. The standard InChI is InChI=1S/C18H22N4O4/c23-15(11-25-16-3-7-26-21-16)20-10-14-8-18(4-1-5-18)12-22(14)17(24)13-2-6-19-9-13/h2-3,6-7,9,14,19H,1,4-5,8,10-12H2,(H,20,23). The van der Waals surface area contributed by atoms with E-state index in [1.807, 2.05) is 4.90 Å². The summed E-state index contributed by atoms with van der Waals surface area (Å²) in [6, 6.07) is 3.34. The molecule has 8 nitrogen and oxygen atoms in total. The number of amides is 2. The Balaban J connectivity index is 1.35. The van der Waals surface area contributed by atoms with Gasteiger partial charge >= 0.3 is 0 Å². The molecule has 2 amide bonds. The average Bonchev–Trinajstić information content (AvgIpc) is 3.37. The zero-order valence-electron chi connectivity index (χ0n) is 14.4. The molecule has 3 heterocycles. The molecule has 1 aliphatic carbocycles. The molecular weight excluding hydrogens is 336 g/mol. The maximum Gasteiger partial charge on any atom is 0.258 e. The number of likely N-dealkylation sites (tertiary alicyclic amines) is 1. The van der Waals surface area contributed by atoms with Crippen molar-refractivity contribution in [1.82, 2.24) is 20.4 Å². The second-order valence-corrected chi connectivity index (χ2v) is 7.17. The molecule has 8 heteroatoms. The highest BCUT2D eigenvalue weighted by Crippen LogP contribution is 2.50. The Labute approximate surface area is 150 Å². The van der Waals surface area contributed by atoms with Crippen LogP contribution < -0.4 is 10.1 Å². The third-order valence-corrected chi connectivity index (χ3v) is 5.44. The van der Waals surface area contributed by atoms with Gasteiger partial charge in [-0.25, -0.2) is 0 Å². The van der Waals surface area contributed by atoms with Crippen LogP contribution in [0, 0.1) is 5.41 Å². The Bertz CT molecular complexity index is 752. The predicted molar refractivity (Wildman–Crippen MR) is 91.5 cm³/mol. The summed E-state index contributed by atoms with van der Waals surface area (Å²) >= 11 is 0. The molecule has 1 saturated carbocycles.